The van der Waals surface area contributed by atoms with Crippen LogP contribution in [0.3, 0.4) is 0 Å². The molecule has 0 amide bonds. The zero-order chi connectivity index (χ0) is 22.6. The van der Waals surface area contributed by atoms with Gasteiger partial charge in [0, 0.05) is 37.9 Å². The Labute approximate surface area is 173 Å². The molecular formula is C17H27F3N4O5S. The Balaban J connectivity index is 0.000000396. The SMILES string of the molecule is Cn1ccnc1CN1CCC2(CC1)COCCN(S(C)(=O)=O)C2.O=C(O)C(F)(F)F. The molecule has 0 bridgehead atoms. The molecule has 0 unspecified atom stereocenters. The molecule has 3 rings (SSSR count). The van der Waals surface area contributed by atoms with Gasteiger partial charge in [0.15, 0.2) is 0 Å². The van der Waals surface area contributed by atoms with Gasteiger partial charge in [0.25, 0.3) is 0 Å². The smallest absolute Gasteiger partial charge is 0.475 e. The lowest BCUT2D eigenvalue weighted by Gasteiger charge is -2.42. The topological polar surface area (TPSA) is 105 Å². The fourth-order valence-corrected chi connectivity index (χ4v) is 4.39. The highest BCUT2D eigenvalue weighted by molar-refractivity contribution is 7.88. The normalized spacial score (nSPS) is 21.0. The van der Waals surface area contributed by atoms with Crippen LogP contribution in [-0.4, -0.2) is 90.1 Å². The second-order valence-electron chi connectivity index (χ2n) is 7.68. The number of ether oxygens (including phenoxy) is 1. The lowest BCUT2D eigenvalue weighted by atomic mass is 9.79. The monoisotopic (exact) mass is 456 g/mol. The second kappa shape index (κ2) is 9.62. The number of aromatic nitrogens is 2. The number of halogens is 3. The fraction of sp³-hybridized carbons (Fsp3) is 0.765. The van der Waals surface area contributed by atoms with E-state index >= 15 is 0 Å². The first-order valence-electron chi connectivity index (χ1n) is 9.34. The summed E-state index contributed by atoms with van der Waals surface area (Å²) in [4.78, 5) is 15.7. The molecule has 30 heavy (non-hydrogen) atoms. The fourth-order valence-electron chi connectivity index (χ4n) is 3.47. The van der Waals surface area contributed by atoms with Gasteiger partial charge in [-0.15, -0.1) is 0 Å². The van der Waals surface area contributed by atoms with Gasteiger partial charge in [-0.05, 0) is 25.9 Å². The lowest BCUT2D eigenvalue weighted by molar-refractivity contribution is -0.192. The summed E-state index contributed by atoms with van der Waals surface area (Å²) in [6.07, 6.45) is 1.92. The molecular weight excluding hydrogens is 429 g/mol. The molecule has 9 nitrogen and oxygen atoms in total. The number of nitrogens with zero attached hydrogens (tertiary/aromatic N) is 4. The number of carbonyl (C=O) groups is 1. The third-order valence-corrected chi connectivity index (χ3v) is 6.57. The molecule has 1 N–H and O–H groups in total. The maximum atomic E-state index is 11.9. The van der Waals surface area contributed by atoms with Gasteiger partial charge in [-0.1, -0.05) is 0 Å². The van der Waals surface area contributed by atoms with E-state index in [9.17, 15) is 21.6 Å². The van der Waals surface area contributed by atoms with Crippen LogP contribution in [-0.2, 0) is 33.1 Å². The summed E-state index contributed by atoms with van der Waals surface area (Å²) in [6, 6.07) is 0. The second-order valence-corrected chi connectivity index (χ2v) is 9.67. The molecule has 0 saturated carbocycles. The molecule has 0 aliphatic carbocycles. The van der Waals surface area contributed by atoms with Gasteiger partial charge in [-0.3, -0.25) is 4.90 Å². The van der Waals surface area contributed by atoms with E-state index in [4.69, 9.17) is 14.6 Å². The average Bonchev–Trinajstić information content (AvgIpc) is 2.91. The first kappa shape index (κ1) is 24.6. The Bertz CT molecular complexity index is 820. The molecule has 2 saturated heterocycles. The van der Waals surface area contributed by atoms with Crippen molar-refractivity contribution in [2.75, 3.05) is 45.6 Å². The summed E-state index contributed by atoms with van der Waals surface area (Å²) in [7, 11) is -1.15. The van der Waals surface area contributed by atoms with Crippen LogP contribution < -0.4 is 0 Å². The Morgan fingerprint density at radius 2 is 1.90 bits per heavy atom. The molecule has 2 fully saturated rings. The summed E-state index contributed by atoms with van der Waals surface area (Å²) in [5.41, 5.74) is -0.0439. The molecule has 13 heteroatoms. The van der Waals surface area contributed by atoms with Crippen LogP contribution in [0.25, 0.3) is 0 Å². The standard InChI is InChI=1S/C15H26N4O3S.C2HF3O2/c1-17-8-5-16-14(17)11-18-6-3-15(4-7-18)12-19(23(2,20)21)9-10-22-13-15;3-2(4,5)1(6)7/h5,8H,3-4,6-7,9-13H2,1-2H3;(H,6,7). The number of hydrogen-bond donors (Lipinski definition) is 1. The number of sulfonamides is 1. The van der Waals surface area contributed by atoms with E-state index in [1.165, 1.54) is 6.26 Å². The molecule has 172 valence electrons. The summed E-state index contributed by atoms with van der Waals surface area (Å²) >= 11 is 0. The Kier molecular flexibility index (Phi) is 7.88. The molecule has 2 aliphatic rings. The van der Waals surface area contributed by atoms with Crippen molar-refractivity contribution in [3.63, 3.8) is 0 Å². The predicted molar refractivity (Wildman–Crippen MR) is 101 cm³/mol. The van der Waals surface area contributed by atoms with Crippen LogP contribution in [0.2, 0.25) is 0 Å². The quantitative estimate of drug-likeness (QED) is 0.721. The minimum atomic E-state index is -5.08. The Morgan fingerprint density at radius 3 is 2.37 bits per heavy atom. The summed E-state index contributed by atoms with van der Waals surface area (Å²) in [6.45, 7) is 4.96. The number of aryl methyl sites for hydroxylation is 1. The van der Waals surface area contributed by atoms with E-state index in [-0.39, 0.29) is 5.41 Å². The third-order valence-electron chi connectivity index (χ3n) is 5.32. The maximum absolute atomic E-state index is 11.9. The van der Waals surface area contributed by atoms with Gasteiger partial charge in [0.2, 0.25) is 10.0 Å². The van der Waals surface area contributed by atoms with Crippen LogP contribution >= 0.6 is 0 Å². The molecule has 0 atom stereocenters. The van der Waals surface area contributed by atoms with E-state index in [2.05, 4.69) is 9.88 Å². The summed E-state index contributed by atoms with van der Waals surface area (Å²) in [5.74, 6) is -1.69. The molecule has 3 heterocycles. The first-order valence-corrected chi connectivity index (χ1v) is 11.2. The van der Waals surface area contributed by atoms with E-state index in [1.54, 1.807) is 4.31 Å². The van der Waals surface area contributed by atoms with Gasteiger partial charge >= 0.3 is 12.1 Å². The van der Waals surface area contributed by atoms with Gasteiger partial charge in [0.05, 0.1) is 26.0 Å². The van der Waals surface area contributed by atoms with Crippen molar-refractivity contribution in [1.29, 1.82) is 0 Å². The number of rotatable bonds is 3. The number of hydrogen-bond acceptors (Lipinski definition) is 6. The van der Waals surface area contributed by atoms with Gasteiger partial charge < -0.3 is 14.4 Å². The highest BCUT2D eigenvalue weighted by atomic mass is 32.2. The van der Waals surface area contributed by atoms with E-state index < -0.39 is 22.2 Å². The number of alkyl halides is 3. The highest BCUT2D eigenvalue weighted by Crippen LogP contribution is 2.35. The van der Waals surface area contributed by atoms with Crippen LogP contribution in [0.15, 0.2) is 12.4 Å². The zero-order valence-corrected chi connectivity index (χ0v) is 17.7. The average molecular weight is 456 g/mol. The molecule has 1 spiro atoms. The van der Waals surface area contributed by atoms with Gasteiger partial charge in [0.1, 0.15) is 5.82 Å². The molecule has 0 aromatic carbocycles. The maximum Gasteiger partial charge on any atom is 0.490 e. The molecule has 0 radical (unpaired) electrons. The van der Waals surface area contributed by atoms with E-state index in [0.29, 0.717) is 26.3 Å². The van der Waals surface area contributed by atoms with Gasteiger partial charge in [-0.25, -0.2) is 18.2 Å². The van der Waals surface area contributed by atoms with Crippen LogP contribution in [0.4, 0.5) is 13.2 Å². The first-order chi connectivity index (χ1) is 13.8. The predicted octanol–water partition coefficient (Wildman–Crippen LogP) is 0.927. The largest absolute Gasteiger partial charge is 0.490 e. The third kappa shape index (κ3) is 6.93. The number of likely N-dealkylation sites (tertiary alicyclic amines) is 1. The summed E-state index contributed by atoms with van der Waals surface area (Å²) < 4.78 is 65.0. The molecule has 2 aliphatic heterocycles. The van der Waals surface area contributed by atoms with Crippen molar-refractivity contribution in [1.82, 2.24) is 18.8 Å². The van der Waals surface area contributed by atoms with E-state index in [0.717, 1.165) is 38.3 Å². The lowest BCUT2D eigenvalue weighted by Crippen LogP contribution is -2.48. The highest BCUT2D eigenvalue weighted by Gasteiger charge is 2.40. The van der Waals surface area contributed by atoms with E-state index in [1.807, 2.05) is 24.0 Å². The minimum absolute atomic E-state index is 0.0439. The Hall–Kier alpha value is -1.70. The molecule has 1 aromatic heterocycles. The number of carboxylic acids is 1. The number of aliphatic carboxylic acids is 1. The number of piperidine rings is 1. The van der Waals surface area contributed by atoms with Crippen molar-refractivity contribution in [3.8, 4) is 0 Å². The van der Waals surface area contributed by atoms with Crippen molar-refractivity contribution >= 4 is 16.0 Å². The Morgan fingerprint density at radius 1 is 1.30 bits per heavy atom. The number of carboxylic acid groups (broad SMARTS) is 1. The van der Waals surface area contributed by atoms with Crippen LogP contribution in [0.5, 0.6) is 0 Å². The van der Waals surface area contributed by atoms with Crippen molar-refractivity contribution < 1.29 is 36.2 Å². The van der Waals surface area contributed by atoms with Crippen LogP contribution in [0, 0.1) is 5.41 Å². The van der Waals surface area contributed by atoms with Gasteiger partial charge in [-0.2, -0.15) is 17.5 Å². The van der Waals surface area contributed by atoms with Crippen molar-refractivity contribution in [2.24, 2.45) is 12.5 Å². The van der Waals surface area contributed by atoms with Crippen LogP contribution in [0.1, 0.15) is 18.7 Å². The summed E-state index contributed by atoms with van der Waals surface area (Å²) in [5, 5.41) is 7.12. The zero-order valence-electron chi connectivity index (χ0n) is 16.9. The minimum Gasteiger partial charge on any atom is -0.475 e. The van der Waals surface area contributed by atoms with Crippen molar-refractivity contribution in [3.05, 3.63) is 18.2 Å². The molecule has 1 aromatic rings. The number of imidazole rings is 1. The van der Waals surface area contributed by atoms with Crippen molar-refractivity contribution in [2.45, 2.75) is 25.6 Å².